The van der Waals surface area contributed by atoms with Gasteiger partial charge in [0.2, 0.25) is 0 Å². The van der Waals surface area contributed by atoms with E-state index in [2.05, 4.69) is 10.3 Å². The molecule has 1 aromatic rings. The molecule has 0 spiro atoms. The molecule has 20 heavy (non-hydrogen) atoms. The largest absolute Gasteiger partial charge is 0.419 e. The summed E-state index contributed by atoms with van der Waals surface area (Å²) in [6.07, 6.45) is 2.50. The summed E-state index contributed by atoms with van der Waals surface area (Å²) in [5.41, 5.74) is -0.280. The summed E-state index contributed by atoms with van der Waals surface area (Å²) in [6, 6.07) is 1.47. The molecule has 0 aliphatic carbocycles. The number of cyclic esters (lactones) is 2. The normalized spacial score (nSPS) is 17.3. The van der Waals surface area contributed by atoms with Gasteiger partial charge in [-0.1, -0.05) is 23.2 Å². The molecule has 0 atom stereocenters. The molecule has 0 saturated carbocycles. The number of pyridine rings is 1. The van der Waals surface area contributed by atoms with Crippen molar-refractivity contribution in [3.05, 3.63) is 34.1 Å². The van der Waals surface area contributed by atoms with Gasteiger partial charge in [0, 0.05) is 26.2 Å². The van der Waals surface area contributed by atoms with E-state index in [4.69, 9.17) is 32.7 Å². The third kappa shape index (κ3) is 3.20. The van der Waals surface area contributed by atoms with Gasteiger partial charge in [-0.15, -0.1) is 0 Å². The van der Waals surface area contributed by atoms with Crippen molar-refractivity contribution in [1.29, 1.82) is 0 Å². The molecule has 1 aliphatic rings. The second-order valence-electron chi connectivity index (χ2n) is 4.37. The maximum absolute atomic E-state index is 11.7. The molecule has 1 aromatic heterocycles. The Morgan fingerprint density at radius 3 is 2.40 bits per heavy atom. The van der Waals surface area contributed by atoms with Gasteiger partial charge in [-0.3, -0.25) is 0 Å². The van der Waals surface area contributed by atoms with Gasteiger partial charge in [0.15, 0.2) is 5.57 Å². The molecular formula is C12H10Cl2N2O4. The molecule has 1 aliphatic heterocycles. The average molecular weight is 317 g/mol. The first-order valence-corrected chi connectivity index (χ1v) is 6.28. The Hall–Kier alpha value is -1.79. The van der Waals surface area contributed by atoms with Crippen LogP contribution in [0.25, 0.3) is 0 Å². The van der Waals surface area contributed by atoms with Crippen LogP contribution in [0.5, 0.6) is 0 Å². The van der Waals surface area contributed by atoms with Gasteiger partial charge >= 0.3 is 11.9 Å². The average Bonchev–Trinajstić information content (AvgIpc) is 2.28. The summed E-state index contributed by atoms with van der Waals surface area (Å²) in [5, 5.41) is 3.24. The fraction of sp³-hybridized carbons (Fsp3) is 0.250. The minimum atomic E-state index is -1.28. The van der Waals surface area contributed by atoms with Crippen molar-refractivity contribution in [3.8, 4) is 0 Å². The molecule has 6 nitrogen and oxygen atoms in total. The van der Waals surface area contributed by atoms with Gasteiger partial charge in [-0.2, -0.15) is 0 Å². The van der Waals surface area contributed by atoms with E-state index >= 15 is 0 Å². The van der Waals surface area contributed by atoms with E-state index in [1.54, 1.807) is 0 Å². The number of ether oxygens (including phenoxy) is 2. The lowest BCUT2D eigenvalue weighted by molar-refractivity contribution is -0.222. The molecule has 106 valence electrons. The van der Waals surface area contributed by atoms with E-state index in [9.17, 15) is 9.59 Å². The molecule has 0 amide bonds. The number of anilines is 1. The van der Waals surface area contributed by atoms with Crippen molar-refractivity contribution in [3.63, 3.8) is 0 Å². The van der Waals surface area contributed by atoms with Crippen molar-refractivity contribution in [2.24, 2.45) is 0 Å². The molecule has 0 radical (unpaired) electrons. The number of nitrogens with one attached hydrogen (secondary N) is 1. The molecule has 1 saturated heterocycles. The van der Waals surface area contributed by atoms with E-state index in [0.717, 1.165) is 6.20 Å². The number of aromatic nitrogens is 1. The van der Waals surface area contributed by atoms with Crippen LogP contribution in [-0.4, -0.2) is 22.7 Å². The Morgan fingerprint density at radius 2 is 1.85 bits per heavy atom. The summed E-state index contributed by atoms with van der Waals surface area (Å²) >= 11 is 11.6. The van der Waals surface area contributed by atoms with E-state index < -0.39 is 17.7 Å². The highest BCUT2D eigenvalue weighted by Gasteiger charge is 2.38. The summed E-state index contributed by atoms with van der Waals surface area (Å²) < 4.78 is 9.86. The summed E-state index contributed by atoms with van der Waals surface area (Å²) in [5.74, 6) is -2.61. The van der Waals surface area contributed by atoms with Crippen LogP contribution < -0.4 is 5.32 Å². The molecule has 8 heteroatoms. The first kappa shape index (κ1) is 14.6. The zero-order valence-corrected chi connectivity index (χ0v) is 12.1. The third-order valence-electron chi connectivity index (χ3n) is 2.28. The molecule has 1 fully saturated rings. The van der Waals surface area contributed by atoms with Gasteiger partial charge in [0.1, 0.15) is 5.82 Å². The first-order valence-electron chi connectivity index (χ1n) is 5.53. The number of hydrogen-bond donors (Lipinski definition) is 1. The number of rotatable bonds is 2. The van der Waals surface area contributed by atoms with Gasteiger partial charge in [0.25, 0.3) is 5.79 Å². The van der Waals surface area contributed by atoms with Crippen LogP contribution in [0.15, 0.2) is 24.0 Å². The number of carbonyl (C=O) groups is 2. The number of carbonyl (C=O) groups excluding carboxylic acids is 2. The van der Waals surface area contributed by atoms with Gasteiger partial charge in [0.05, 0.1) is 10.0 Å². The molecule has 2 heterocycles. The summed E-state index contributed by atoms with van der Waals surface area (Å²) in [4.78, 5) is 27.3. The predicted molar refractivity (Wildman–Crippen MR) is 72.2 cm³/mol. The number of hydrogen-bond acceptors (Lipinski definition) is 6. The van der Waals surface area contributed by atoms with Gasteiger partial charge < -0.3 is 14.8 Å². The molecule has 0 bridgehead atoms. The lowest BCUT2D eigenvalue weighted by atomic mass is 10.2. The predicted octanol–water partition coefficient (Wildman–Crippen LogP) is 2.52. The second-order valence-corrected chi connectivity index (χ2v) is 5.21. The summed E-state index contributed by atoms with van der Waals surface area (Å²) in [6.45, 7) is 2.93. The molecular weight excluding hydrogens is 307 g/mol. The Balaban J connectivity index is 2.19. The van der Waals surface area contributed by atoms with Crippen molar-refractivity contribution in [2.45, 2.75) is 19.6 Å². The lowest BCUT2D eigenvalue weighted by Gasteiger charge is -2.29. The highest BCUT2D eigenvalue weighted by Crippen LogP contribution is 2.25. The van der Waals surface area contributed by atoms with Gasteiger partial charge in [-0.05, 0) is 6.07 Å². The van der Waals surface area contributed by atoms with Crippen LogP contribution in [0, 0.1) is 0 Å². The van der Waals surface area contributed by atoms with E-state index in [0.29, 0.717) is 5.02 Å². The minimum absolute atomic E-state index is 0.243. The minimum Gasteiger partial charge on any atom is -0.419 e. The van der Waals surface area contributed by atoms with Crippen molar-refractivity contribution < 1.29 is 19.1 Å². The Labute approximate surface area is 124 Å². The fourth-order valence-electron chi connectivity index (χ4n) is 1.44. The van der Waals surface area contributed by atoms with Crippen LogP contribution in [0.4, 0.5) is 5.82 Å². The maximum atomic E-state index is 11.7. The van der Waals surface area contributed by atoms with Crippen LogP contribution in [0.2, 0.25) is 10.0 Å². The van der Waals surface area contributed by atoms with Crippen molar-refractivity contribution in [2.75, 3.05) is 5.32 Å². The highest BCUT2D eigenvalue weighted by molar-refractivity contribution is 6.36. The number of esters is 2. The Bertz CT molecular complexity index is 591. The molecule has 2 rings (SSSR count). The highest BCUT2D eigenvalue weighted by atomic mass is 35.5. The smallest absolute Gasteiger partial charge is 0.350 e. The molecule has 0 aromatic carbocycles. The zero-order chi connectivity index (χ0) is 14.9. The number of nitrogens with zero attached hydrogens (tertiary/aromatic N) is 1. The topological polar surface area (TPSA) is 77.5 Å². The molecule has 1 N–H and O–H groups in total. The fourth-order valence-corrected chi connectivity index (χ4v) is 1.87. The molecule has 0 unspecified atom stereocenters. The Kier molecular flexibility index (Phi) is 3.87. The van der Waals surface area contributed by atoms with Crippen molar-refractivity contribution >= 4 is 41.0 Å². The van der Waals surface area contributed by atoms with Crippen LogP contribution in [0.3, 0.4) is 0 Å². The summed E-state index contributed by atoms with van der Waals surface area (Å²) in [7, 11) is 0. The second kappa shape index (κ2) is 5.30. The van der Waals surface area contributed by atoms with Crippen molar-refractivity contribution in [1.82, 2.24) is 4.98 Å². The standard InChI is InChI=1S/C12H10Cl2N2O4/c1-12(2)19-10(17)7(11(18)20-12)5-16-9-8(14)3-6(13)4-15-9/h3-5H,1-2H3,(H,15,16). The quantitative estimate of drug-likeness (QED) is 0.513. The first-order chi connectivity index (χ1) is 9.28. The van der Waals surface area contributed by atoms with E-state index in [1.807, 2.05) is 0 Å². The maximum Gasteiger partial charge on any atom is 0.350 e. The monoisotopic (exact) mass is 316 g/mol. The lowest BCUT2D eigenvalue weighted by Crippen LogP contribution is -2.42. The zero-order valence-electron chi connectivity index (χ0n) is 10.6. The third-order valence-corrected chi connectivity index (χ3v) is 2.77. The van der Waals surface area contributed by atoms with Crippen LogP contribution in [0.1, 0.15) is 13.8 Å². The number of halogens is 2. The van der Waals surface area contributed by atoms with E-state index in [1.165, 1.54) is 26.1 Å². The Morgan fingerprint density at radius 1 is 1.25 bits per heavy atom. The van der Waals surface area contributed by atoms with Gasteiger partial charge in [-0.25, -0.2) is 14.6 Å². The van der Waals surface area contributed by atoms with Crippen LogP contribution >= 0.6 is 23.2 Å². The SMILES string of the molecule is CC1(C)OC(=O)C(=CNc2ncc(Cl)cc2Cl)C(=O)O1. The van der Waals surface area contributed by atoms with Crippen LogP contribution in [-0.2, 0) is 19.1 Å². The van der Waals surface area contributed by atoms with E-state index in [-0.39, 0.29) is 16.4 Å².